The molecule has 0 spiro atoms. The maximum absolute atomic E-state index is 11.7. The molecule has 0 N–H and O–H groups in total. The van der Waals surface area contributed by atoms with Crippen LogP contribution in [0.3, 0.4) is 0 Å². The topological polar surface area (TPSA) is 60.2 Å². The van der Waals surface area contributed by atoms with Gasteiger partial charge in [0.25, 0.3) is 5.69 Å². The number of para-hydroxylation sites is 1. The Morgan fingerprint density at radius 1 is 1.22 bits per heavy atom. The number of hydrogen-bond acceptors (Lipinski definition) is 3. The van der Waals surface area contributed by atoms with E-state index in [4.69, 9.17) is 0 Å². The minimum absolute atomic E-state index is 0.000874. The number of nitrogens with zero attached hydrogens (tertiary/aromatic N) is 1. The number of ketones is 1. The molecule has 0 unspecified atom stereocenters. The van der Waals surface area contributed by atoms with Gasteiger partial charge in [-0.15, -0.1) is 0 Å². The molecule has 1 aromatic carbocycles. The molecule has 0 aliphatic heterocycles. The lowest BCUT2D eigenvalue weighted by Crippen LogP contribution is -2.03. The Hall–Kier alpha value is -2.49. The summed E-state index contributed by atoms with van der Waals surface area (Å²) in [6.07, 6.45) is 10.0. The van der Waals surface area contributed by atoms with Gasteiger partial charge in [-0.3, -0.25) is 14.9 Å². The first kappa shape index (κ1) is 12.0. The van der Waals surface area contributed by atoms with Crippen molar-refractivity contribution in [2.45, 2.75) is 0 Å². The van der Waals surface area contributed by atoms with Crippen LogP contribution in [0.15, 0.2) is 54.6 Å². The Bertz CT molecular complexity index is 558. The van der Waals surface area contributed by atoms with Crippen LogP contribution in [0.25, 0.3) is 6.08 Å². The van der Waals surface area contributed by atoms with Gasteiger partial charge in [0.05, 0.1) is 16.4 Å². The predicted molar refractivity (Wildman–Crippen MR) is 68.9 cm³/mol. The second kappa shape index (κ2) is 5.23. The molecule has 0 saturated carbocycles. The maximum atomic E-state index is 11.7. The van der Waals surface area contributed by atoms with Crippen molar-refractivity contribution in [3.63, 3.8) is 0 Å². The third kappa shape index (κ3) is 2.60. The third-order valence-corrected chi connectivity index (χ3v) is 2.64. The minimum atomic E-state index is -0.459. The first-order chi connectivity index (χ1) is 8.68. The van der Waals surface area contributed by atoms with Crippen molar-refractivity contribution in [3.05, 3.63) is 70.3 Å². The molecule has 2 rings (SSSR count). The van der Waals surface area contributed by atoms with Gasteiger partial charge in [0.15, 0.2) is 5.78 Å². The Morgan fingerprint density at radius 2 is 1.89 bits per heavy atom. The molecule has 4 nitrogen and oxygen atoms in total. The molecule has 0 aromatic heterocycles. The molecule has 90 valence electrons. The number of carbonyl (C=O) groups is 1. The molecular weight excluding hydrogens is 230 g/mol. The first-order valence-electron chi connectivity index (χ1n) is 5.49. The summed E-state index contributed by atoms with van der Waals surface area (Å²) in [7, 11) is 0. The van der Waals surface area contributed by atoms with Crippen molar-refractivity contribution in [3.8, 4) is 0 Å². The van der Waals surface area contributed by atoms with E-state index in [1.807, 2.05) is 0 Å². The van der Waals surface area contributed by atoms with Gasteiger partial charge < -0.3 is 0 Å². The van der Waals surface area contributed by atoms with Crippen LogP contribution in [0.5, 0.6) is 0 Å². The van der Waals surface area contributed by atoms with E-state index in [-0.39, 0.29) is 17.4 Å². The summed E-state index contributed by atoms with van der Waals surface area (Å²) in [5, 5.41) is 10.8. The molecule has 0 heterocycles. The summed E-state index contributed by atoms with van der Waals surface area (Å²) in [5.41, 5.74) is 0.431. The molecule has 0 saturated heterocycles. The highest BCUT2D eigenvalue weighted by Crippen LogP contribution is 2.19. The van der Waals surface area contributed by atoms with Crippen LogP contribution in [-0.4, -0.2) is 10.7 Å². The molecule has 0 fully saturated rings. The van der Waals surface area contributed by atoms with Crippen molar-refractivity contribution in [1.29, 1.82) is 0 Å². The van der Waals surface area contributed by atoms with Gasteiger partial charge in [-0.05, 0) is 18.2 Å². The smallest absolute Gasteiger partial charge is 0.276 e. The lowest BCUT2D eigenvalue weighted by molar-refractivity contribution is -0.385. The predicted octanol–water partition coefficient (Wildman–Crippen LogP) is 2.92. The molecule has 0 atom stereocenters. The monoisotopic (exact) mass is 241 g/mol. The molecule has 0 radical (unpaired) electrons. The fraction of sp³-hybridized carbons (Fsp3) is 0.0714. The van der Waals surface area contributed by atoms with E-state index in [1.165, 1.54) is 18.2 Å². The van der Waals surface area contributed by atoms with E-state index in [9.17, 15) is 14.9 Å². The number of benzene rings is 1. The molecule has 18 heavy (non-hydrogen) atoms. The zero-order valence-corrected chi connectivity index (χ0v) is 9.52. The summed E-state index contributed by atoms with van der Waals surface area (Å²) < 4.78 is 0. The summed E-state index contributed by atoms with van der Waals surface area (Å²) in [6, 6.07) is 6.33. The minimum Gasteiger partial charge on any atom is -0.294 e. The first-order valence-corrected chi connectivity index (χ1v) is 5.49. The van der Waals surface area contributed by atoms with Crippen LogP contribution in [0.2, 0.25) is 0 Å². The van der Waals surface area contributed by atoms with Gasteiger partial charge in [-0.1, -0.05) is 36.4 Å². The Kier molecular flexibility index (Phi) is 3.48. The van der Waals surface area contributed by atoms with Crippen LogP contribution in [0.1, 0.15) is 5.56 Å². The van der Waals surface area contributed by atoms with Crippen molar-refractivity contribution in [2.75, 3.05) is 0 Å². The fourth-order valence-electron chi connectivity index (χ4n) is 1.70. The summed E-state index contributed by atoms with van der Waals surface area (Å²) in [4.78, 5) is 22.1. The standard InChI is InChI=1S/C14H11NO3/c16-14(12-6-1-2-7-12)10-9-11-5-3-4-8-13(11)15(17)18/h1-10,12H. The van der Waals surface area contributed by atoms with Crippen molar-refractivity contribution < 1.29 is 9.72 Å². The van der Waals surface area contributed by atoms with Crippen LogP contribution < -0.4 is 0 Å². The zero-order valence-electron chi connectivity index (χ0n) is 9.52. The number of nitro groups is 1. The average molecular weight is 241 g/mol. The summed E-state index contributed by atoms with van der Waals surface area (Å²) in [5.74, 6) is -0.331. The summed E-state index contributed by atoms with van der Waals surface area (Å²) >= 11 is 0. The van der Waals surface area contributed by atoms with Crippen molar-refractivity contribution in [1.82, 2.24) is 0 Å². The Morgan fingerprint density at radius 3 is 2.56 bits per heavy atom. The SMILES string of the molecule is O=C(C=Cc1ccccc1[N+](=O)[O-])C1C=CC=C1. The Labute approximate surface area is 104 Å². The second-order valence-electron chi connectivity index (χ2n) is 3.85. The maximum Gasteiger partial charge on any atom is 0.276 e. The highest BCUT2D eigenvalue weighted by atomic mass is 16.6. The Balaban J connectivity index is 2.18. The van der Waals surface area contributed by atoms with Crippen LogP contribution in [0.4, 0.5) is 5.69 Å². The van der Waals surface area contributed by atoms with E-state index in [0.29, 0.717) is 5.56 Å². The lowest BCUT2D eigenvalue weighted by Gasteiger charge is -1.99. The highest BCUT2D eigenvalue weighted by Gasteiger charge is 2.13. The molecule has 0 amide bonds. The van der Waals surface area contributed by atoms with Crippen molar-refractivity contribution >= 4 is 17.5 Å². The molecule has 1 aromatic rings. The van der Waals surface area contributed by atoms with E-state index in [0.717, 1.165) is 0 Å². The summed E-state index contributed by atoms with van der Waals surface area (Å²) in [6.45, 7) is 0. The molecule has 0 bridgehead atoms. The van der Waals surface area contributed by atoms with Crippen LogP contribution in [-0.2, 0) is 4.79 Å². The average Bonchev–Trinajstić information content (AvgIpc) is 2.90. The van der Waals surface area contributed by atoms with E-state index < -0.39 is 4.92 Å². The van der Waals surface area contributed by atoms with Gasteiger partial charge in [-0.25, -0.2) is 0 Å². The van der Waals surface area contributed by atoms with Gasteiger partial charge in [0.1, 0.15) is 0 Å². The quantitative estimate of drug-likeness (QED) is 0.462. The highest BCUT2D eigenvalue weighted by molar-refractivity contribution is 5.98. The molecule has 1 aliphatic carbocycles. The van der Waals surface area contributed by atoms with Gasteiger partial charge >= 0.3 is 0 Å². The number of hydrogen-bond donors (Lipinski definition) is 0. The lowest BCUT2D eigenvalue weighted by atomic mass is 10.0. The number of carbonyl (C=O) groups excluding carboxylic acids is 1. The van der Waals surface area contributed by atoms with E-state index in [2.05, 4.69) is 0 Å². The number of nitro benzene ring substituents is 1. The third-order valence-electron chi connectivity index (χ3n) is 2.64. The molecule has 4 heteroatoms. The molecular formula is C14H11NO3. The zero-order chi connectivity index (χ0) is 13.0. The van der Waals surface area contributed by atoms with E-state index >= 15 is 0 Å². The van der Waals surface area contributed by atoms with Gasteiger partial charge in [-0.2, -0.15) is 0 Å². The van der Waals surface area contributed by atoms with Gasteiger partial charge in [0.2, 0.25) is 0 Å². The normalized spacial score (nSPS) is 14.4. The largest absolute Gasteiger partial charge is 0.294 e. The van der Waals surface area contributed by atoms with E-state index in [1.54, 1.807) is 42.5 Å². The van der Waals surface area contributed by atoms with Gasteiger partial charge in [0, 0.05) is 6.07 Å². The second-order valence-corrected chi connectivity index (χ2v) is 3.85. The van der Waals surface area contributed by atoms with Crippen molar-refractivity contribution in [2.24, 2.45) is 5.92 Å². The van der Waals surface area contributed by atoms with Crippen LogP contribution in [0, 0.1) is 16.0 Å². The molecule has 1 aliphatic rings. The fourth-order valence-corrected chi connectivity index (χ4v) is 1.70. The number of allylic oxidation sites excluding steroid dienone is 5. The number of rotatable bonds is 4. The van der Waals surface area contributed by atoms with Crippen LogP contribution >= 0.6 is 0 Å².